The molecule has 0 radical (unpaired) electrons. The maximum absolute atomic E-state index is 13.4. The van der Waals surface area contributed by atoms with Gasteiger partial charge in [0.25, 0.3) is 5.91 Å². The molecule has 1 fully saturated rings. The molecule has 0 unspecified atom stereocenters. The molecule has 0 saturated carbocycles. The Bertz CT molecular complexity index is 502. The van der Waals surface area contributed by atoms with Gasteiger partial charge in [-0.3, -0.25) is 4.79 Å². The van der Waals surface area contributed by atoms with Crippen molar-refractivity contribution in [1.29, 1.82) is 0 Å². The molecule has 1 aliphatic rings. The Morgan fingerprint density at radius 1 is 1.38 bits per heavy atom. The normalized spacial score (nSPS) is 23.6. The van der Waals surface area contributed by atoms with Crippen LogP contribution in [-0.2, 0) is 11.3 Å². The van der Waals surface area contributed by atoms with E-state index in [1.165, 1.54) is 21.9 Å². The van der Waals surface area contributed by atoms with Crippen molar-refractivity contribution in [2.45, 2.75) is 19.5 Å². The third kappa shape index (κ3) is 3.92. The van der Waals surface area contributed by atoms with Gasteiger partial charge in [0.1, 0.15) is 44.3 Å². The smallest absolute Gasteiger partial charge is 0.275 e. The van der Waals surface area contributed by atoms with Gasteiger partial charge in [-0.25, -0.2) is 4.39 Å². The Labute approximate surface area is 124 Å². The predicted molar refractivity (Wildman–Crippen MR) is 76.7 cm³/mol. The average Bonchev–Trinajstić information content (AvgIpc) is 2.47. The molecule has 116 valence electrons. The molecule has 1 aromatic rings. The van der Waals surface area contributed by atoms with Crippen molar-refractivity contribution in [3.63, 3.8) is 0 Å². The summed E-state index contributed by atoms with van der Waals surface area (Å²) in [6.07, 6.45) is 0. The van der Waals surface area contributed by atoms with Gasteiger partial charge in [0.2, 0.25) is 0 Å². The molecule has 21 heavy (non-hydrogen) atoms. The highest BCUT2D eigenvalue weighted by Crippen LogP contribution is 2.18. The van der Waals surface area contributed by atoms with Crippen molar-refractivity contribution in [2.75, 3.05) is 33.3 Å². The first-order valence-electron chi connectivity index (χ1n) is 7.31. The van der Waals surface area contributed by atoms with Crippen LogP contribution in [0.2, 0.25) is 0 Å². The van der Waals surface area contributed by atoms with Gasteiger partial charge in [-0.15, -0.1) is 0 Å². The molecule has 5 nitrogen and oxygen atoms in total. The topological polar surface area (TPSA) is 61.2 Å². The average molecular weight is 297 g/mol. The molecule has 6 heteroatoms. The lowest BCUT2D eigenvalue weighted by molar-refractivity contribution is -1.02. The number of hydrogen-bond acceptors (Lipinski definition) is 2. The third-order valence-corrected chi connectivity index (χ3v) is 4.32. The summed E-state index contributed by atoms with van der Waals surface area (Å²) in [5.41, 5.74) is 6.24. The number of nitrogens with one attached hydrogen (secondary N) is 2. The van der Waals surface area contributed by atoms with Crippen molar-refractivity contribution >= 4 is 5.91 Å². The van der Waals surface area contributed by atoms with Crippen LogP contribution in [0.25, 0.3) is 0 Å². The highest BCUT2D eigenvalue weighted by Gasteiger charge is 2.30. The van der Waals surface area contributed by atoms with Gasteiger partial charge in [-0.05, 0) is 25.1 Å². The number of primary amides is 1. The Hall–Kier alpha value is -1.66. The van der Waals surface area contributed by atoms with E-state index in [0.29, 0.717) is 0 Å². The quantitative estimate of drug-likeness (QED) is 0.588. The number of halogens is 1. The number of carbonyl (C=O) groups excluding carboxylic acids is 1. The Morgan fingerprint density at radius 3 is 2.62 bits per heavy atom. The number of quaternary nitrogens is 2. The van der Waals surface area contributed by atoms with Crippen LogP contribution in [0.15, 0.2) is 18.2 Å². The van der Waals surface area contributed by atoms with Crippen LogP contribution in [-0.4, -0.2) is 45.2 Å². The van der Waals surface area contributed by atoms with Gasteiger partial charge in [-0.1, -0.05) is 0 Å². The van der Waals surface area contributed by atoms with Crippen LogP contribution >= 0.6 is 0 Å². The van der Waals surface area contributed by atoms with Crippen molar-refractivity contribution in [2.24, 2.45) is 5.73 Å². The first-order valence-corrected chi connectivity index (χ1v) is 7.31. The standard InChI is InChI=1S/C15H22FN3O2/c1-11(15(17)20)19-7-5-18(6-8-19)10-12-9-13(16)3-4-14(12)21-2/h3-4,9,11H,5-8,10H2,1-2H3,(H2,17,20)/p+2/t11-/m1/s1. The highest BCUT2D eigenvalue weighted by molar-refractivity contribution is 5.77. The number of nitrogens with two attached hydrogens (primary N) is 1. The van der Waals surface area contributed by atoms with Crippen LogP contribution in [0, 0.1) is 5.82 Å². The molecule has 1 aromatic carbocycles. The number of piperazine rings is 1. The number of benzene rings is 1. The van der Waals surface area contributed by atoms with E-state index < -0.39 is 0 Å². The molecule has 0 spiro atoms. The minimum atomic E-state index is -0.250. The molecule has 1 aliphatic heterocycles. The lowest BCUT2D eigenvalue weighted by atomic mass is 10.1. The van der Waals surface area contributed by atoms with Gasteiger partial charge in [0.15, 0.2) is 6.04 Å². The minimum absolute atomic E-state index is 0.143. The number of amides is 1. The van der Waals surface area contributed by atoms with Crippen LogP contribution < -0.4 is 20.3 Å². The van der Waals surface area contributed by atoms with Crippen LogP contribution in [0.5, 0.6) is 5.75 Å². The van der Waals surface area contributed by atoms with Gasteiger partial charge in [0.05, 0.1) is 12.7 Å². The first kappa shape index (κ1) is 15.7. The van der Waals surface area contributed by atoms with Crippen LogP contribution in [0.1, 0.15) is 12.5 Å². The molecule has 1 atom stereocenters. The van der Waals surface area contributed by atoms with Gasteiger partial charge < -0.3 is 20.3 Å². The van der Waals surface area contributed by atoms with Gasteiger partial charge in [0, 0.05) is 0 Å². The summed E-state index contributed by atoms with van der Waals surface area (Å²) >= 11 is 0. The molecule has 4 N–H and O–H groups in total. The Morgan fingerprint density at radius 2 is 2.05 bits per heavy atom. The summed E-state index contributed by atoms with van der Waals surface area (Å²) in [6.45, 7) is 6.28. The van der Waals surface area contributed by atoms with E-state index in [-0.39, 0.29) is 17.8 Å². The van der Waals surface area contributed by atoms with Crippen LogP contribution in [0.4, 0.5) is 4.39 Å². The number of hydrogen-bond donors (Lipinski definition) is 3. The monoisotopic (exact) mass is 297 g/mol. The van der Waals surface area contributed by atoms with Crippen LogP contribution in [0.3, 0.4) is 0 Å². The highest BCUT2D eigenvalue weighted by atomic mass is 19.1. The third-order valence-electron chi connectivity index (χ3n) is 4.32. The van der Waals surface area contributed by atoms with Crippen molar-refractivity contribution in [1.82, 2.24) is 0 Å². The molecule has 0 aliphatic carbocycles. The molecule has 0 aromatic heterocycles. The maximum atomic E-state index is 13.4. The fourth-order valence-corrected chi connectivity index (χ4v) is 2.89. The SMILES string of the molecule is COc1ccc(F)cc1C[NH+]1CC[NH+]([C@H](C)C(N)=O)CC1. The van der Waals surface area contributed by atoms with Crippen molar-refractivity contribution in [3.05, 3.63) is 29.6 Å². The lowest BCUT2D eigenvalue weighted by Crippen LogP contribution is -3.29. The molecule has 1 saturated heterocycles. The molecule has 1 heterocycles. The van der Waals surface area contributed by atoms with Gasteiger partial charge >= 0.3 is 0 Å². The zero-order valence-corrected chi connectivity index (χ0v) is 12.6. The zero-order valence-electron chi connectivity index (χ0n) is 12.6. The number of ether oxygens (including phenoxy) is 1. The predicted octanol–water partition coefficient (Wildman–Crippen LogP) is -2.01. The minimum Gasteiger partial charge on any atom is -0.496 e. The summed E-state index contributed by atoms with van der Waals surface area (Å²) in [5.74, 6) is 0.237. The second-order valence-electron chi connectivity index (χ2n) is 5.67. The molecule has 0 bridgehead atoms. The van der Waals surface area contributed by atoms with E-state index in [2.05, 4.69) is 0 Å². The maximum Gasteiger partial charge on any atom is 0.275 e. The van der Waals surface area contributed by atoms with E-state index in [9.17, 15) is 9.18 Å². The fraction of sp³-hybridized carbons (Fsp3) is 0.533. The summed E-state index contributed by atoms with van der Waals surface area (Å²) < 4.78 is 18.7. The second-order valence-corrected chi connectivity index (χ2v) is 5.67. The van der Waals surface area contributed by atoms with E-state index in [4.69, 9.17) is 10.5 Å². The molecular formula is C15H24FN3O2+2. The van der Waals surface area contributed by atoms with Gasteiger partial charge in [-0.2, -0.15) is 0 Å². The van der Waals surface area contributed by atoms with Crippen molar-refractivity contribution in [3.8, 4) is 5.75 Å². The Balaban J connectivity index is 1.95. The first-order chi connectivity index (χ1) is 10.0. The summed E-state index contributed by atoms with van der Waals surface area (Å²) in [4.78, 5) is 13.8. The van der Waals surface area contributed by atoms with E-state index in [1.54, 1.807) is 13.2 Å². The number of rotatable bonds is 5. The largest absolute Gasteiger partial charge is 0.496 e. The molecule has 2 rings (SSSR count). The summed E-state index contributed by atoms with van der Waals surface area (Å²) in [7, 11) is 1.60. The van der Waals surface area contributed by atoms with E-state index in [0.717, 1.165) is 44.0 Å². The molecule has 1 amide bonds. The van der Waals surface area contributed by atoms with E-state index in [1.807, 2.05) is 6.92 Å². The zero-order chi connectivity index (χ0) is 15.4. The number of methoxy groups -OCH3 is 1. The Kier molecular flexibility index (Phi) is 5.14. The summed E-state index contributed by atoms with van der Waals surface area (Å²) in [5, 5.41) is 0. The molecular weight excluding hydrogens is 273 g/mol. The second kappa shape index (κ2) is 6.87. The summed E-state index contributed by atoms with van der Waals surface area (Å²) in [6, 6.07) is 4.47. The van der Waals surface area contributed by atoms with E-state index >= 15 is 0 Å². The van der Waals surface area contributed by atoms with Crippen molar-refractivity contribution < 1.29 is 23.7 Å². The fourth-order valence-electron chi connectivity index (χ4n) is 2.89. The number of carbonyl (C=O) groups is 1. The lowest BCUT2D eigenvalue weighted by Gasteiger charge is -2.32.